The van der Waals surface area contributed by atoms with Crippen LogP contribution in [0.1, 0.15) is 53.7 Å². The van der Waals surface area contributed by atoms with Crippen LogP contribution in [0.4, 0.5) is 0 Å². The number of nitrogens with one attached hydrogen (secondary N) is 1. The summed E-state index contributed by atoms with van der Waals surface area (Å²) < 4.78 is 0. The number of carbonyl (C=O) groups is 3. The van der Waals surface area contributed by atoms with Gasteiger partial charge in [-0.2, -0.15) is 0 Å². The molecule has 0 unspecified atom stereocenters. The number of thiophene rings is 1. The van der Waals surface area contributed by atoms with Gasteiger partial charge in [-0.3, -0.25) is 9.59 Å². The van der Waals surface area contributed by atoms with Gasteiger partial charge in [-0.25, -0.2) is 4.79 Å². The van der Waals surface area contributed by atoms with Crippen LogP contribution in [0, 0.1) is 13.8 Å². The molecule has 1 fully saturated rings. The molecule has 1 aromatic heterocycles. The Morgan fingerprint density at radius 1 is 1.07 bits per heavy atom. The number of carbonyl (C=O) groups excluding carboxylic acids is 2. The number of amides is 2. The van der Waals surface area contributed by atoms with Crippen molar-refractivity contribution in [2.24, 2.45) is 0 Å². The molecule has 2 aromatic rings. The number of carboxylic acid groups (broad SMARTS) is 1. The fourth-order valence-corrected chi connectivity index (χ4v) is 4.02. The predicted molar refractivity (Wildman–Crippen MR) is 104 cm³/mol. The Balaban J connectivity index is 1.59. The van der Waals surface area contributed by atoms with Crippen LogP contribution in [0.15, 0.2) is 30.3 Å². The lowest BCUT2D eigenvalue weighted by Gasteiger charge is -2.32. The molecule has 6 nitrogen and oxygen atoms in total. The Morgan fingerprint density at radius 2 is 1.74 bits per heavy atom. The van der Waals surface area contributed by atoms with Crippen LogP contribution in [-0.4, -0.2) is 46.9 Å². The fourth-order valence-electron chi connectivity index (χ4n) is 3.25. The molecule has 27 heavy (non-hydrogen) atoms. The average Bonchev–Trinajstić information content (AvgIpc) is 3.08. The van der Waals surface area contributed by atoms with E-state index < -0.39 is 5.97 Å². The summed E-state index contributed by atoms with van der Waals surface area (Å²) in [4.78, 5) is 39.7. The van der Waals surface area contributed by atoms with Crippen LogP contribution in [0.5, 0.6) is 0 Å². The number of benzene rings is 1. The number of hydrogen-bond acceptors (Lipinski definition) is 4. The average molecular weight is 386 g/mol. The summed E-state index contributed by atoms with van der Waals surface area (Å²) in [6, 6.07) is 8.47. The van der Waals surface area contributed by atoms with E-state index in [4.69, 9.17) is 0 Å². The van der Waals surface area contributed by atoms with E-state index in [0.29, 0.717) is 36.4 Å². The zero-order chi connectivity index (χ0) is 19.6. The molecule has 1 aliphatic heterocycles. The lowest BCUT2D eigenvalue weighted by atomic mass is 10.0. The highest BCUT2D eigenvalue weighted by Crippen LogP contribution is 2.19. The first kappa shape index (κ1) is 19.1. The smallest absolute Gasteiger partial charge is 0.335 e. The zero-order valence-corrected chi connectivity index (χ0v) is 16.1. The van der Waals surface area contributed by atoms with Crippen LogP contribution in [-0.2, 0) is 0 Å². The maximum Gasteiger partial charge on any atom is 0.335 e. The van der Waals surface area contributed by atoms with Gasteiger partial charge in [-0.05, 0) is 62.6 Å². The Hall–Kier alpha value is -2.67. The number of hydrogen-bond donors (Lipinski definition) is 2. The molecule has 0 bridgehead atoms. The first-order valence-electron chi connectivity index (χ1n) is 8.85. The van der Waals surface area contributed by atoms with Crippen LogP contribution in [0.25, 0.3) is 0 Å². The van der Waals surface area contributed by atoms with Crippen LogP contribution >= 0.6 is 11.3 Å². The van der Waals surface area contributed by atoms with Gasteiger partial charge >= 0.3 is 5.97 Å². The first-order valence-corrected chi connectivity index (χ1v) is 9.66. The summed E-state index contributed by atoms with van der Waals surface area (Å²) in [5.41, 5.74) is 1.25. The van der Waals surface area contributed by atoms with E-state index in [2.05, 4.69) is 5.32 Å². The summed E-state index contributed by atoms with van der Waals surface area (Å²) in [6.45, 7) is 4.80. The van der Waals surface area contributed by atoms with Crippen molar-refractivity contribution in [2.45, 2.75) is 32.7 Å². The molecule has 0 aliphatic carbocycles. The number of aromatic carboxylic acids is 1. The molecule has 1 aliphatic rings. The highest BCUT2D eigenvalue weighted by molar-refractivity contribution is 7.13. The van der Waals surface area contributed by atoms with E-state index in [0.717, 1.165) is 10.4 Å². The minimum atomic E-state index is -1.04. The number of rotatable bonds is 4. The Bertz CT molecular complexity index is 882. The maximum atomic E-state index is 12.7. The Morgan fingerprint density at radius 3 is 2.33 bits per heavy atom. The van der Waals surface area contributed by atoms with Gasteiger partial charge in [0.25, 0.3) is 11.8 Å². The molecule has 2 heterocycles. The normalized spacial score (nSPS) is 14.8. The first-order chi connectivity index (χ1) is 12.8. The van der Waals surface area contributed by atoms with Crippen molar-refractivity contribution in [3.63, 3.8) is 0 Å². The topological polar surface area (TPSA) is 86.7 Å². The lowest BCUT2D eigenvalue weighted by molar-refractivity contribution is 0.0695. The van der Waals surface area contributed by atoms with Crippen LogP contribution in [0.3, 0.4) is 0 Å². The molecule has 2 N–H and O–H groups in total. The van der Waals surface area contributed by atoms with E-state index in [1.54, 1.807) is 24.0 Å². The summed E-state index contributed by atoms with van der Waals surface area (Å²) in [5.74, 6) is -1.28. The molecule has 0 spiro atoms. The van der Waals surface area contributed by atoms with Gasteiger partial charge < -0.3 is 15.3 Å². The van der Waals surface area contributed by atoms with Crippen molar-refractivity contribution in [1.82, 2.24) is 10.2 Å². The Kier molecular flexibility index (Phi) is 5.60. The van der Waals surface area contributed by atoms with Gasteiger partial charge in [-0.1, -0.05) is 0 Å². The molecule has 142 valence electrons. The van der Waals surface area contributed by atoms with Gasteiger partial charge in [0, 0.05) is 29.6 Å². The number of nitrogens with zero attached hydrogens (tertiary/aromatic N) is 1. The van der Waals surface area contributed by atoms with E-state index in [1.807, 2.05) is 19.1 Å². The molecular weight excluding hydrogens is 364 g/mol. The van der Waals surface area contributed by atoms with Crippen molar-refractivity contribution in [3.8, 4) is 0 Å². The highest BCUT2D eigenvalue weighted by Gasteiger charge is 2.25. The van der Waals surface area contributed by atoms with Crippen molar-refractivity contribution >= 4 is 29.1 Å². The van der Waals surface area contributed by atoms with Crippen molar-refractivity contribution in [3.05, 3.63) is 56.8 Å². The standard InChI is InChI=1S/C20H22N2O4S/c1-12-9-14(11-15(10-12)20(25)26)19(24)22-7-5-16(6-8-22)21-18(23)17-4-3-13(2)27-17/h3-4,9-11,16H,5-8H2,1-2H3,(H,21,23)(H,25,26). The number of aryl methyl sites for hydroxylation is 2. The number of piperidine rings is 1. The molecular formula is C20H22N2O4S. The van der Waals surface area contributed by atoms with E-state index in [-0.39, 0.29) is 23.4 Å². The predicted octanol–water partition coefficient (Wildman–Crippen LogP) is 3.10. The molecule has 0 saturated carbocycles. The SMILES string of the molecule is Cc1cc(C(=O)O)cc(C(=O)N2CCC(NC(=O)c3ccc(C)s3)CC2)c1. The molecule has 0 atom stereocenters. The lowest BCUT2D eigenvalue weighted by Crippen LogP contribution is -2.46. The summed E-state index contributed by atoms with van der Waals surface area (Å²) in [6.07, 6.45) is 1.36. The van der Waals surface area contributed by atoms with Crippen molar-refractivity contribution in [2.75, 3.05) is 13.1 Å². The second kappa shape index (κ2) is 7.92. The van der Waals surface area contributed by atoms with Crippen LogP contribution in [0.2, 0.25) is 0 Å². The number of likely N-dealkylation sites (tertiary alicyclic amines) is 1. The molecule has 2 amide bonds. The molecule has 1 saturated heterocycles. The Labute approximate surface area is 161 Å². The van der Waals surface area contributed by atoms with Gasteiger partial charge in [0.15, 0.2) is 0 Å². The molecule has 3 rings (SSSR count). The van der Waals surface area contributed by atoms with Gasteiger partial charge in [0.2, 0.25) is 0 Å². The van der Waals surface area contributed by atoms with Crippen molar-refractivity contribution in [1.29, 1.82) is 0 Å². The quantitative estimate of drug-likeness (QED) is 0.845. The van der Waals surface area contributed by atoms with E-state index in [9.17, 15) is 19.5 Å². The fraction of sp³-hybridized carbons (Fsp3) is 0.350. The molecule has 7 heteroatoms. The monoisotopic (exact) mass is 386 g/mol. The zero-order valence-electron chi connectivity index (χ0n) is 15.3. The highest BCUT2D eigenvalue weighted by atomic mass is 32.1. The second-order valence-electron chi connectivity index (χ2n) is 6.84. The van der Waals surface area contributed by atoms with Gasteiger partial charge in [-0.15, -0.1) is 11.3 Å². The van der Waals surface area contributed by atoms with E-state index in [1.165, 1.54) is 17.4 Å². The summed E-state index contributed by atoms with van der Waals surface area (Å²) in [5, 5.41) is 12.2. The van der Waals surface area contributed by atoms with Gasteiger partial charge in [0.1, 0.15) is 0 Å². The second-order valence-corrected chi connectivity index (χ2v) is 8.13. The third kappa shape index (κ3) is 4.54. The maximum absolute atomic E-state index is 12.7. The third-order valence-electron chi connectivity index (χ3n) is 4.65. The number of carboxylic acids is 1. The van der Waals surface area contributed by atoms with Crippen LogP contribution < -0.4 is 5.32 Å². The largest absolute Gasteiger partial charge is 0.478 e. The minimum absolute atomic E-state index is 0.0380. The summed E-state index contributed by atoms with van der Waals surface area (Å²) in [7, 11) is 0. The van der Waals surface area contributed by atoms with E-state index >= 15 is 0 Å². The molecule has 1 aromatic carbocycles. The molecule has 0 radical (unpaired) electrons. The van der Waals surface area contributed by atoms with Gasteiger partial charge in [0.05, 0.1) is 10.4 Å². The van der Waals surface area contributed by atoms with Crippen molar-refractivity contribution < 1.29 is 19.5 Å². The minimum Gasteiger partial charge on any atom is -0.478 e. The summed E-state index contributed by atoms with van der Waals surface area (Å²) >= 11 is 1.47. The third-order valence-corrected chi connectivity index (χ3v) is 5.65.